The van der Waals surface area contributed by atoms with E-state index in [4.69, 9.17) is 0 Å². The first-order valence-electron chi connectivity index (χ1n) is 19.2. The molecule has 2 nitrogen and oxygen atoms in total. The molecule has 0 amide bonds. The van der Waals surface area contributed by atoms with Crippen LogP contribution < -0.4 is 16.2 Å². The fraction of sp³-hybridized carbons (Fsp3) is 0.0588. The van der Waals surface area contributed by atoms with Gasteiger partial charge in [-0.15, -0.1) is 11.3 Å². The first kappa shape index (κ1) is 31.0. The minimum absolute atomic E-state index is 0.110. The molecule has 2 aliphatic rings. The van der Waals surface area contributed by atoms with E-state index in [2.05, 4.69) is 188 Å². The monoisotopic (exact) mass is 718 g/mol. The predicted molar refractivity (Wildman–Crippen MR) is 238 cm³/mol. The predicted octanol–water partition coefficient (Wildman–Crippen LogP) is 12.2. The van der Waals surface area contributed by atoms with Crippen molar-refractivity contribution in [2.75, 3.05) is 5.32 Å². The van der Waals surface area contributed by atoms with Gasteiger partial charge >= 0.3 is 0 Å². The van der Waals surface area contributed by atoms with Crippen LogP contribution in [0.25, 0.3) is 81.0 Å². The topological polar surface area (TPSA) is 17.0 Å². The summed E-state index contributed by atoms with van der Waals surface area (Å²) in [5.74, 6) is 0. The van der Waals surface area contributed by atoms with Gasteiger partial charge in [-0.1, -0.05) is 147 Å². The Morgan fingerprint density at radius 3 is 2.15 bits per heavy atom. The maximum atomic E-state index is 3.92. The Bertz CT molecular complexity index is 3220. The number of para-hydroxylation sites is 1. The van der Waals surface area contributed by atoms with Crippen LogP contribution in [-0.4, -0.2) is 11.8 Å². The molecule has 0 spiro atoms. The lowest BCUT2D eigenvalue weighted by Crippen LogP contribution is -2.37. The highest BCUT2D eigenvalue weighted by molar-refractivity contribution is 7.26. The normalized spacial score (nSPS) is 13.6. The molecule has 0 fully saturated rings. The number of hydrogen-bond donors (Lipinski definition) is 1. The zero-order valence-corrected chi connectivity index (χ0v) is 31.5. The summed E-state index contributed by atoms with van der Waals surface area (Å²) < 4.78 is 5.37. The third-order valence-electron chi connectivity index (χ3n) is 12.3. The zero-order chi connectivity index (χ0) is 36.4. The van der Waals surface area contributed by atoms with Gasteiger partial charge in [0.05, 0.1) is 16.1 Å². The van der Waals surface area contributed by atoms with Gasteiger partial charge in [-0.3, -0.25) is 0 Å². The van der Waals surface area contributed by atoms with Crippen LogP contribution in [-0.2, 0) is 5.41 Å². The number of fused-ring (bicyclic) bond motifs is 12. The maximum absolute atomic E-state index is 3.92. The Hall–Kier alpha value is -6.36. The molecule has 1 aliphatic heterocycles. The van der Waals surface area contributed by atoms with E-state index < -0.39 is 0 Å². The fourth-order valence-corrected chi connectivity index (χ4v) is 11.1. The van der Waals surface area contributed by atoms with Crippen molar-refractivity contribution >= 4 is 82.8 Å². The summed E-state index contributed by atoms with van der Waals surface area (Å²) >= 11 is 1.94. The molecular weight excluding hydrogens is 683 g/mol. The number of anilines is 2. The molecule has 2 aromatic heterocycles. The number of aromatic nitrogens is 1. The van der Waals surface area contributed by atoms with E-state index in [9.17, 15) is 0 Å². The zero-order valence-electron chi connectivity index (χ0n) is 30.7. The van der Waals surface area contributed by atoms with Gasteiger partial charge in [0.2, 0.25) is 0 Å². The lowest BCUT2D eigenvalue weighted by atomic mass is 9.58. The molecular formula is C51H35BN2S. The minimum atomic E-state index is -0.110. The van der Waals surface area contributed by atoms with E-state index >= 15 is 0 Å². The van der Waals surface area contributed by atoms with Gasteiger partial charge in [0.15, 0.2) is 7.28 Å². The van der Waals surface area contributed by atoms with Crippen LogP contribution in [0.3, 0.4) is 0 Å². The van der Waals surface area contributed by atoms with Crippen LogP contribution in [0.1, 0.15) is 25.0 Å². The second-order valence-electron chi connectivity index (χ2n) is 15.8. The van der Waals surface area contributed by atoms with Crippen LogP contribution in [0.2, 0.25) is 0 Å². The second-order valence-corrected chi connectivity index (χ2v) is 16.8. The average Bonchev–Trinajstić information content (AvgIpc) is 3.85. The van der Waals surface area contributed by atoms with Crippen molar-refractivity contribution in [2.24, 2.45) is 0 Å². The van der Waals surface area contributed by atoms with E-state index in [0.717, 1.165) is 18.7 Å². The highest BCUT2D eigenvalue weighted by Crippen LogP contribution is 2.55. The smallest absolute Gasteiger partial charge is 0.198 e. The molecule has 0 atom stereocenters. The maximum Gasteiger partial charge on any atom is 0.198 e. The van der Waals surface area contributed by atoms with Crippen molar-refractivity contribution in [3.8, 4) is 39.2 Å². The van der Waals surface area contributed by atoms with E-state index in [1.807, 2.05) is 11.3 Å². The van der Waals surface area contributed by atoms with Crippen LogP contribution in [0, 0.1) is 0 Å². The molecule has 0 unspecified atom stereocenters. The first-order chi connectivity index (χ1) is 27.0. The Morgan fingerprint density at radius 1 is 0.582 bits per heavy atom. The molecule has 1 aliphatic carbocycles. The molecule has 0 saturated heterocycles. The van der Waals surface area contributed by atoms with Crippen molar-refractivity contribution in [2.45, 2.75) is 19.3 Å². The molecule has 55 heavy (non-hydrogen) atoms. The SMILES string of the molecule is CC1(C)c2ccccc2-c2c1c1cccc3c1n2-c1c(c(-c2cc4ccccc4cc2Nc2ccc(-c4ccccc4)cc2)cc2c1sc1ccccc12)B3. The molecule has 0 radical (unpaired) electrons. The highest BCUT2D eigenvalue weighted by Gasteiger charge is 2.42. The highest BCUT2D eigenvalue weighted by atomic mass is 32.1. The van der Waals surface area contributed by atoms with Crippen molar-refractivity contribution in [3.05, 3.63) is 175 Å². The summed E-state index contributed by atoms with van der Waals surface area (Å²) in [5.41, 5.74) is 18.1. The molecule has 8 aromatic carbocycles. The number of benzene rings is 8. The summed E-state index contributed by atoms with van der Waals surface area (Å²) in [6.45, 7) is 4.83. The van der Waals surface area contributed by atoms with Crippen LogP contribution in [0.4, 0.5) is 11.4 Å². The number of nitrogens with one attached hydrogen (secondary N) is 1. The van der Waals surface area contributed by atoms with Gasteiger partial charge in [-0.2, -0.15) is 0 Å². The molecule has 3 heterocycles. The van der Waals surface area contributed by atoms with E-state index in [-0.39, 0.29) is 5.41 Å². The summed E-state index contributed by atoms with van der Waals surface area (Å²) in [4.78, 5) is 0. The summed E-state index contributed by atoms with van der Waals surface area (Å²) in [5, 5.41) is 10.4. The average molecular weight is 719 g/mol. The van der Waals surface area contributed by atoms with Crippen LogP contribution >= 0.6 is 11.3 Å². The van der Waals surface area contributed by atoms with Crippen molar-refractivity contribution in [1.82, 2.24) is 4.57 Å². The van der Waals surface area contributed by atoms with E-state index in [1.165, 1.54) is 103 Å². The van der Waals surface area contributed by atoms with Gasteiger partial charge in [-0.25, -0.2) is 0 Å². The summed E-state index contributed by atoms with van der Waals surface area (Å²) in [6, 6.07) is 60.6. The molecule has 258 valence electrons. The van der Waals surface area contributed by atoms with Crippen LogP contribution in [0.5, 0.6) is 0 Å². The molecule has 0 saturated carbocycles. The Morgan fingerprint density at radius 2 is 1.29 bits per heavy atom. The Balaban J connectivity index is 1.16. The van der Waals surface area contributed by atoms with Crippen molar-refractivity contribution in [3.63, 3.8) is 0 Å². The quantitative estimate of drug-likeness (QED) is 0.179. The third-order valence-corrected chi connectivity index (χ3v) is 13.5. The summed E-state index contributed by atoms with van der Waals surface area (Å²) in [7, 11) is 0.870. The van der Waals surface area contributed by atoms with E-state index in [1.54, 1.807) is 0 Å². The number of rotatable bonds is 4. The van der Waals surface area contributed by atoms with Crippen molar-refractivity contribution in [1.29, 1.82) is 0 Å². The van der Waals surface area contributed by atoms with Gasteiger partial charge in [0, 0.05) is 54.3 Å². The molecule has 12 rings (SSSR count). The molecule has 1 N–H and O–H groups in total. The van der Waals surface area contributed by atoms with Gasteiger partial charge in [0.25, 0.3) is 0 Å². The Labute approximate surface area is 324 Å². The van der Waals surface area contributed by atoms with E-state index in [0.29, 0.717) is 0 Å². The van der Waals surface area contributed by atoms with Crippen molar-refractivity contribution < 1.29 is 0 Å². The third kappa shape index (κ3) is 4.37. The van der Waals surface area contributed by atoms with Gasteiger partial charge < -0.3 is 9.88 Å². The lowest BCUT2D eigenvalue weighted by molar-refractivity contribution is 0.666. The first-order valence-corrected chi connectivity index (χ1v) is 20.0. The van der Waals surface area contributed by atoms with Gasteiger partial charge in [0.1, 0.15) is 0 Å². The standard InChI is InChI=1S/C51H35BN2S/c1-51(2)41-20-10-8-18-36(41)48-45(51)37-19-12-21-42-47(37)54(48)49-46(52-42)39(29-40-35-17-9-11-22-44(35)55-50(40)49)38-27-32-15-6-7-16-33(32)28-43(38)53-34-25-23-31(24-26-34)30-13-4-3-5-14-30/h3-29,52-53H,1-2H3. The number of nitrogens with zero attached hydrogens (tertiary/aromatic N) is 1. The number of hydrogen-bond acceptors (Lipinski definition) is 2. The Kier molecular flexibility index (Phi) is 6.40. The largest absolute Gasteiger partial charge is 0.355 e. The minimum Gasteiger partial charge on any atom is -0.355 e. The molecule has 10 aromatic rings. The number of thiophene rings is 1. The molecule has 4 heteroatoms. The fourth-order valence-electron chi connectivity index (χ4n) is 9.86. The van der Waals surface area contributed by atoms with Gasteiger partial charge in [-0.05, 0) is 80.5 Å². The second kappa shape index (κ2) is 11.3. The summed E-state index contributed by atoms with van der Waals surface area (Å²) in [6.07, 6.45) is 0. The lowest BCUT2D eigenvalue weighted by Gasteiger charge is -2.26. The molecule has 0 bridgehead atoms. The van der Waals surface area contributed by atoms with Crippen LogP contribution in [0.15, 0.2) is 164 Å².